The Morgan fingerprint density at radius 1 is 1.07 bits per heavy atom. The first-order valence-corrected chi connectivity index (χ1v) is 9.87. The van der Waals surface area contributed by atoms with Crippen LogP contribution in [0.4, 0.5) is 5.00 Å². The molecule has 0 bridgehead atoms. The van der Waals surface area contributed by atoms with Crippen LogP contribution in [0.1, 0.15) is 67.8 Å². The Bertz CT molecular complexity index is 914. The molecule has 0 saturated carbocycles. The molecule has 28 heavy (non-hydrogen) atoms. The van der Waals surface area contributed by atoms with Crippen molar-refractivity contribution in [1.29, 1.82) is 0 Å². The molecule has 1 aromatic heterocycles. The molecule has 0 aliphatic rings. The molecule has 1 heterocycles. The summed E-state index contributed by atoms with van der Waals surface area (Å²) in [5, 5.41) is 3.03. The second-order valence-corrected chi connectivity index (χ2v) is 7.71. The largest absolute Gasteiger partial charge is 0.462 e. The summed E-state index contributed by atoms with van der Waals surface area (Å²) in [7, 11) is 0. The highest BCUT2D eigenvalue weighted by atomic mass is 32.1. The molecule has 2 aromatic rings. The van der Waals surface area contributed by atoms with Gasteiger partial charge in [-0.1, -0.05) is 6.07 Å². The highest BCUT2D eigenvalue weighted by Crippen LogP contribution is 2.35. The standard InChI is InChI=1S/C21H25NO5S/c1-7-26-20(24)16-14(6)17(21(25)27-11(2)3)28-19(16)22-18(23)15-9-8-12(4)13(5)10-15/h8-11H,7H2,1-6H3,(H,22,23). The molecule has 150 valence electrons. The minimum absolute atomic E-state index is 0.180. The summed E-state index contributed by atoms with van der Waals surface area (Å²) < 4.78 is 10.4. The van der Waals surface area contributed by atoms with E-state index in [1.165, 1.54) is 0 Å². The van der Waals surface area contributed by atoms with E-state index in [2.05, 4.69) is 5.32 Å². The molecule has 0 spiro atoms. The van der Waals surface area contributed by atoms with Crippen molar-refractivity contribution in [3.8, 4) is 0 Å². The fourth-order valence-electron chi connectivity index (χ4n) is 2.57. The molecule has 0 aliphatic carbocycles. The third kappa shape index (κ3) is 4.78. The van der Waals surface area contributed by atoms with Crippen LogP contribution < -0.4 is 5.32 Å². The summed E-state index contributed by atoms with van der Waals surface area (Å²) in [5.41, 5.74) is 3.15. The van der Waals surface area contributed by atoms with Gasteiger partial charge in [0.05, 0.1) is 18.3 Å². The van der Waals surface area contributed by atoms with Crippen LogP contribution >= 0.6 is 11.3 Å². The lowest BCUT2D eigenvalue weighted by atomic mass is 10.1. The van der Waals surface area contributed by atoms with Crippen LogP contribution in [-0.2, 0) is 9.47 Å². The van der Waals surface area contributed by atoms with Gasteiger partial charge in [0.1, 0.15) is 9.88 Å². The monoisotopic (exact) mass is 403 g/mol. The number of nitrogens with one attached hydrogen (secondary N) is 1. The van der Waals surface area contributed by atoms with E-state index in [-0.39, 0.29) is 34.1 Å². The molecule has 0 saturated heterocycles. The van der Waals surface area contributed by atoms with E-state index in [1.807, 2.05) is 19.9 Å². The lowest BCUT2D eigenvalue weighted by Crippen LogP contribution is -2.15. The fourth-order valence-corrected chi connectivity index (χ4v) is 3.64. The van der Waals surface area contributed by atoms with Crippen molar-refractivity contribution in [1.82, 2.24) is 0 Å². The Morgan fingerprint density at radius 3 is 2.32 bits per heavy atom. The predicted molar refractivity (Wildman–Crippen MR) is 109 cm³/mol. The molecule has 0 unspecified atom stereocenters. The maximum absolute atomic E-state index is 12.7. The van der Waals surface area contributed by atoms with E-state index in [1.54, 1.807) is 39.8 Å². The smallest absolute Gasteiger partial charge is 0.348 e. The zero-order valence-corrected chi connectivity index (χ0v) is 17.8. The molecule has 1 amide bonds. The van der Waals surface area contributed by atoms with Crippen molar-refractivity contribution < 1.29 is 23.9 Å². The number of amides is 1. The first-order chi connectivity index (χ1) is 13.1. The zero-order valence-electron chi connectivity index (χ0n) is 17.0. The van der Waals surface area contributed by atoms with Gasteiger partial charge in [0, 0.05) is 5.56 Å². The number of carbonyl (C=O) groups excluding carboxylic acids is 3. The molecule has 1 aromatic carbocycles. The maximum Gasteiger partial charge on any atom is 0.348 e. The Labute approximate surface area is 168 Å². The Hall–Kier alpha value is -2.67. The Morgan fingerprint density at radius 2 is 1.75 bits per heavy atom. The van der Waals surface area contributed by atoms with Gasteiger partial charge in [-0.3, -0.25) is 4.79 Å². The van der Waals surface area contributed by atoms with Crippen LogP contribution in [0.3, 0.4) is 0 Å². The number of esters is 2. The zero-order chi connectivity index (χ0) is 21.0. The first kappa shape index (κ1) is 21.6. The summed E-state index contributed by atoms with van der Waals surface area (Å²) in [6, 6.07) is 5.36. The second-order valence-electron chi connectivity index (χ2n) is 6.69. The fraction of sp³-hybridized carbons (Fsp3) is 0.381. The van der Waals surface area contributed by atoms with Crippen molar-refractivity contribution in [2.75, 3.05) is 11.9 Å². The average Bonchev–Trinajstić information content (AvgIpc) is 2.93. The second kappa shape index (κ2) is 9.01. The third-order valence-corrected chi connectivity index (χ3v) is 5.34. The van der Waals surface area contributed by atoms with E-state index in [0.717, 1.165) is 22.5 Å². The Kier molecular flexibility index (Phi) is 6.96. The molecule has 7 heteroatoms. The van der Waals surface area contributed by atoms with Gasteiger partial charge in [-0.25, -0.2) is 9.59 Å². The topological polar surface area (TPSA) is 81.7 Å². The molecule has 0 atom stereocenters. The molecule has 0 radical (unpaired) electrons. The van der Waals surface area contributed by atoms with Crippen molar-refractivity contribution >= 4 is 34.2 Å². The molecule has 0 fully saturated rings. The normalized spacial score (nSPS) is 10.7. The highest BCUT2D eigenvalue weighted by Gasteiger charge is 2.28. The minimum Gasteiger partial charge on any atom is -0.462 e. The van der Waals surface area contributed by atoms with Crippen molar-refractivity contribution in [3.05, 3.63) is 50.9 Å². The van der Waals surface area contributed by atoms with Gasteiger partial charge in [0.15, 0.2) is 0 Å². The lowest BCUT2D eigenvalue weighted by molar-refractivity contribution is 0.0383. The van der Waals surface area contributed by atoms with Crippen molar-refractivity contribution in [2.24, 2.45) is 0 Å². The van der Waals surface area contributed by atoms with Gasteiger partial charge >= 0.3 is 11.9 Å². The van der Waals surface area contributed by atoms with E-state index < -0.39 is 11.9 Å². The maximum atomic E-state index is 12.7. The van der Waals surface area contributed by atoms with Gasteiger partial charge in [0.2, 0.25) is 0 Å². The van der Waals surface area contributed by atoms with E-state index in [9.17, 15) is 14.4 Å². The van der Waals surface area contributed by atoms with Crippen molar-refractivity contribution in [2.45, 2.75) is 47.6 Å². The van der Waals surface area contributed by atoms with Gasteiger partial charge in [-0.15, -0.1) is 11.3 Å². The van der Waals surface area contributed by atoms with E-state index in [0.29, 0.717) is 11.1 Å². The first-order valence-electron chi connectivity index (χ1n) is 9.05. The molecular weight excluding hydrogens is 378 g/mol. The summed E-state index contributed by atoms with van der Waals surface area (Å²) in [4.78, 5) is 37.8. The number of aryl methyl sites for hydroxylation is 2. The van der Waals surface area contributed by atoms with Crippen molar-refractivity contribution in [3.63, 3.8) is 0 Å². The summed E-state index contributed by atoms with van der Waals surface area (Å²) in [6.07, 6.45) is -0.298. The number of rotatable bonds is 6. The minimum atomic E-state index is -0.588. The summed E-state index contributed by atoms with van der Waals surface area (Å²) in [5.74, 6) is -1.48. The Balaban J connectivity index is 2.43. The average molecular weight is 404 g/mol. The van der Waals surface area contributed by atoms with Crippen LogP contribution in [0, 0.1) is 20.8 Å². The van der Waals surface area contributed by atoms with Crippen LogP contribution in [0.2, 0.25) is 0 Å². The van der Waals surface area contributed by atoms with E-state index >= 15 is 0 Å². The number of anilines is 1. The van der Waals surface area contributed by atoms with Gasteiger partial charge in [0.25, 0.3) is 5.91 Å². The molecule has 6 nitrogen and oxygen atoms in total. The number of ether oxygens (including phenoxy) is 2. The molecule has 2 rings (SSSR count). The van der Waals surface area contributed by atoms with Crippen LogP contribution in [0.15, 0.2) is 18.2 Å². The quantitative estimate of drug-likeness (QED) is 0.709. The van der Waals surface area contributed by atoms with Gasteiger partial charge in [-0.05, 0) is 70.4 Å². The van der Waals surface area contributed by atoms with Crippen LogP contribution in [0.5, 0.6) is 0 Å². The predicted octanol–water partition coefficient (Wildman–Crippen LogP) is 4.67. The van der Waals surface area contributed by atoms with Gasteiger partial charge < -0.3 is 14.8 Å². The van der Waals surface area contributed by atoms with Gasteiger partial charge in [-0.2, -0.15) is 0 Å². The molecular formula is C21H25NO5S. The third-order valence-electron chi connectivity index (χ3n) is 4.15. The summed E-state index contributed by atoms with van der Waals surface area (Å²) >= 11 is 1.01. The van der Waals surface area contributed by atoms with Crippen LogP contribution in [-0.4, -0.2) is 30.6 Å². The number of thiophene rings is 1. The lowest BCUT2D eigenvalue weighted by Gasteiger charge is -2.08. The highest BCUT2D eigenvalue weighted by molar-refractivity contribution is 7.18. The SMILES string of the molecule is CCOC(=O)c1c(NC(=O)c2ccc(C)c(C)c2)sc(C(=O)OC(C)C)c1C. The summed E-state index contributed by atoms with van der Waals surface area (Å²) in [6.45, 7) is 10.9. The molecule has 0 aliphatic heterocycles. The number of carbonyl (C=O) groups is 3. The molecule has 1 N–H and O–H groups in total. The van der Waals surface area contributed by atoms with Crippen LogP contribution in [0.25, 0.3) is 0 Å². The number of hydrogen-bond acceptors (Lipinski definition) is 6. The van der Waals surface area contributed by atoms with E-state index in [4.69, 9.17) is 9.47 Å². The number of benzene rings is 1. The number of hydrogen-bond donors (Lipinski definition) is 1.